The van der Waals surface area contributed by atoms with Gasteiger partial charge in [0.05, 0.1) is 52.9 Å². The third-order valence-electron chi connectivity index (χ3n) is 2.95. The van der Waals surface area contributed by atoms with Crippen LogP contribution in [0.1, 0.15) is 32.6 Å². The van der Waals surface area contributed by atoms with E-state index in [0.717, 1.165) is 19.3 Å². The Morgan fingerprint density at radius 3 is 1.87 bits per heavy atom. The average Bonchev–Trinajstić information content (AvgIpc) is 2.55. The lowest BCUT2D eigenvalue weighted by molar-refractivity contribution is -0.121. The second kappa shape index (κ2) is 19.3. The first-order valence-electron chi connectivity index (χ1n) is 8.59. The number of carbonyl (C=O) groups is 1. The largest absolute Gasteiger partial charge is 0.378 e. The number of amides is 1. The van der Waals surface area contributed by atoms with Crippen LogP contribution in [0.3, 0.4) is 0 Å². The zero-order chi connectivity index (χ0) is 17.0. The van der Waals surface area contributed by atoms with Crippen molar-refractivity contribution in [1.82, 2.24) is 5.32 Å². The van der Waals surface area contributed by atoms with Gasteiger partial charge in [0.1, 0.15) is 0 Å². The minimum atomic E-state index is 0.103. The van der Waals surface area contributed by atoms with Crippen LogP contribution in [0.5, 0.6) is 0 Å². The molecule has 0 radical (unpaired) electrons. The number of nitrogens with two attached hydrogens (primary N) is 1. The van der Waals surface area contributed by atoms with E-state index in [1.54, 1.807) is 0 Å². The van der Waals surface area contributed by atoms with Crippen molar-refractivity contribution in [2.45, 2.75) is 32.6 Å². The maximum Gasteiger partial charge on any atom is 0.220 e. The summed E-state index contributed by atoms with van der Waals surface area (Å²) in [6, 6.07) is 0. The molecule has 1 amide bonds. The number of rotatable bonds is 18. The maximum atomic E-state index is 11.4. The van der Waals surface area contributed by atoms with Crippen molar-refractivity contribution in [3.63, 3.8) is 0 Å². The van der Waals surface area contributed by atoms with Crippen molar-refractivity contribution in [2.75, 3.05) is 65.9 Å². The summed E-state index contributed by atoms with van der Waals surface area (Å²) in [4.78, 5) is 11.4. The van der Waals surface area contributed by atoms with Crippen LogP contribution < -0.4 is 11.1 Å². The van der Waals surface area contributed by atoms with Crippen LogP contribution in [-0.2, 0) is 23.7 Å². The molecule has 0 aliphatic heterocycles. The number of ether oxygens (including phenoxy) is 4. The summed E-state index contributed by atoms with van der Waals surface area (Å²) in [6.07, 6.45) is 3.79. The highest BCUT2D eigenvalue weighted by atomic mass is 16.6. The van der Waals surface area contributed by atoms with Gasteiger partial charge in [-0.3, -0.25) is 4.79 Å². The fourth-order valence-corrected chi connectivity index (χ4v) is 1.73. The van der Waals surface area contributed by atoms with Gasteiger partial charge in [0.2, 0.25) is 5.91 Å². The molecule has 0 spiro atoms. The van der Waals surface area contributed by atoms with Crippen LogP contribution in [0.15, 0.2) is 0 Å². The molecule has 0 aromatic carbocycles. The van der Waals surface area contributed by atoms with E-state index in [2.05, 4.69) is 12.2 Å². The first kappa shape index (κ1) is 22.3. The monoisotopic (exact) mass is 334 g/mol. The van der Waals surface area contributed by atoms with Crippen LogP contribution in [0, 0.1) is 0 Å². The van der Waals surface area contributed by atoms with E-state index in [4.69, 9.17) is 24.7 Å². The first-order valence-corrected chi connectivity index (χ1v) is 8.59. The van der Waals surface area contributed by atoms with Gasteiger partial charge in [-0.05, 0) is 6.42 Å². The van der Waals surface area contributed by atoms with Crippen LogP contribution >= 0.6 is 0 Å². The molecule has 0 saturated heterocycles. The highest BCUT2D eigenvalue weighted by Crippen LogP contribution is 1.97. The highest BCUT2D eigenvalue weighted by Gasteiger charge is 1.99. The van der Waals surface area contributed by atoms with E-state index in [0.29, 0.717) is 72.4 Å². The number of carbonyl (C=O) groups excluding carboxylic acids is 1. The van der Waals surface area contributed by atoms with Gasteiger partial charge in [-0.25, -0.2) is 0 Å². The molecule has 0 bridgehead atoms. The van der Waals surface area contributed by atoms with Crippen LogP contribution in [0.4, 0.5) is 0 Å². The number of unbranched alkanes of at least 4 members (excludes halogenated alkanes) is 2. The van der Waals surface area contributed by atoms with Gasteiger partial charge < -0.3 is 30.0 Å². The van der Waals surface area contributed by atoms with Crippen LogP contribution in [-0.4, -0.2) is 71.9 Å². The van der Waals surface area contributed by atoms with Gasteiger partial charge in [0.15, 0.2) is 0 Å². The Labute approximate surface area is 140 Å². The fraction of sp³-hybridized carbons (Fsp3) is 0.938. The fourth-order valence-electron chi connectivity index (χ4n) is 1.73. The molecule has 0 aromatic heterocycles. The maximum absolute atomic E-state index is 11.4. The van der Waals surface area contributed by atoms with E-state index in [-0.39, 0.29) is 5.91 Å². The highest BCUT2D eigenvalue weighted by molar-refractivity contribution is 5.75. The molecule has 0 saturated carbocycles. The molecule has 0 unspecified atom stereocenters. The summed E-state index contributed by atoms with van der Waals surface area (Å²) in [5, 5.41) is 2.84. The molecule has 7 nitrogen and oxygen atoms in total. The van der Waals surface area contributed by atoms with Crippen LogP contribution in [0.2, 0.25) is 0 Å². The lowest BCUT2D eigenvalue weighted by Gasteiger charge is -2.08. The van der Waals surface area contributed by atoms with E-state index in [1.165, 1.54) is 0 Å². The summed E-state index contributed by atoms with van der Waals surface area (Å²) in [5.41, 5.74) is 5.29. The second-order valence-electron chi connectivity index (χ2n) is 5.05. The zero-order valence-corrected chi connectivity index (χ0v) is 14.5. The smallest absolute Gasteiger partial charge is 0.220 e. The van der Waals surface area contributed by atoms with Gasteiger partial charge in [-0.2, -0.15) is 0 Å². The van der Waals surface area contributed by atoms with Crippen molar-refractivity contribution in [3.8, 4) is 0 Å². The summed E-state index contributed by atoms with van der Waals surface area (Å²) in [6.45, 7) is 7.52. The Kier molecular flexibility index (Phi) is 18.7. The Hall–Kier alpha value is -0.730. The lowest BCUT2D eigenvalue weighted by Crippen LogP contribution is -2.27. The first-order chi connectivity index (χ1) is 11.3. The number of nitrogens with one attached hydrogen (secondary N) is 1. The summed E-state index contributed by atoms with van der Waals surface area (Å²) in [5.74, 6) is 0.103. The van der Waals surface area contributed by atoms with E-state index in [1.807, 2.05) is 0 Å². The molecular formula is C16H34N2O5. The van der Waals surface area contributed by atoms with Gasteiger partial charge in [0, 0.05) is 19.5 Å². The van der Waals surface area contributed by atoms with Crippen molar-refractivity contribution in [2.24, 2.45) is 5.73 Å². The molecule has 0 rings (SSSR count). The minimum Gasteiger partial charge on any atom is -0.378 e. The Balaban J connectivity index is 3.06. The molecule has 0 aliphatic carbocycles. The van der Waals surface area contributed by atoms with Crippen molar-refractivity contribution in [1.29, 1.82) is 0 Å². The number of hydrogen-bond donors (Lipinski definition) is 2. The third kappa shape index (κ3) is 19.2. The molecule has 0 aromatic rings. The molecule has 23 heavy (non-hydrogen) atoms. The summed E-state index contributed by atoms with van der Waals surface area (Å²) in [7, 11) is 0. The van der Waals surface area contributed by atoms with Gasteiger partial charge in [-0.1, -0.05) is 19.8 Å². The molecule has 0 aliphatic rings. The van der Waals surface area contributed by atoms with Crippen molar-refractivity contribution < 1.29 is 23.7 Å². The zero-order valence-electron chi connectivity index (χ0n) is 14.5. The Bertz CT molecular complexity index is 255. The Morgan fingerprint density at radius 1 is 0.826 bits per heavy atom. The molecule has 0 fully saturated rings. The van der Waals surface area contributed by atoms with Crippen LogP contribution in [0.25, 0.3) is 0 Å². The quantitative estimate of drug-likeness (QED) is 0.359. The molecular weight excluding hydrogens is 300 g/mol. The van der Waals surface area contributed by atoms with Crippen molar-refractivity contribution >= 4 is 5.91 Å². The lowest BCUT2D eigenvalue weighted by atomic mass is 10.2. The van der Waals surface area contributed by atoms with Gasteiger partial charge in [0.25, 0.3) is 0 Å². The summed E-state index contributed by atoms with van der Waals surface area (Å²) >= 11 is 0. The van der Waals surface area contributed by atoms with E-state index in [9.17, 15) is 4.79 Å². The number of hydrogen-bond acceptors (Lipinski definition) is 6. The summed E-state index contributed by atoms with van der Waals surface area (Å²) < 4.78 is 21.2. The second-order valence-corrected chi connectivity index (χ2v) is 5.05. The standard InChI is InChI=1S/C16H34N2O5/c1-2-3-4-5-16(19)18-7-9-21-11-13-23-15-14-22-12-10-20-8-6-17/h2-15,17H2,1H3,(H,18,19). The molecule has 7 heteroatoms. The SMILES string of the molecule is CCCCCC(=O)NCCOCCOCCOCCOCCN. The third-order valence-corrected chi connectivity index (χ3v) is 2.95. The average molecular weight is 334 g/mol. The topological polar surface area (TPSA) is 92.0 Å². The predicted octanol–water partition coefficient (Wildman–Crippen LogP) is 0.708. The molecule has 0 heterocycles. The van der Waals surface area contributed by atoms with E-state index < -0.39 is 0 Å². The predicted molar refractivity (Wildman–Crippen MR) is 89.5 cm³/mol. The van der Waals surface area contributed by atoms with Crippen molar-refractivity contribution in [3.05, 3.63) is 0 Å². The van der Waals surface area contributed by atoms with Gasteiger partial charge >= 0.3 is 0 Å². The molecule has 3 N–H and O–H groups in total. The van der Waals surface area contributed by atoms with Gasteiger partial charge in [-0.15, -0.1) is 0 Å². The molecule has 0 atom stereocenters. The van der Waals surface area contributed by atoms with E-state index >= 15 is 0 Å². The molecule has 138 valence electrons. The minimum absolute atomic E-state index is 0.103. The normalized spacial score (nSPS) is 10.9. The Morgan fingerprint density at radius 2 is 1.35 bits per heavy atom.